The largest absolute Gasteiger partial charge is 0.496 e. The predicted molar refractivity (Wildman–Crippen MR) is 67.5 cm³/mol. The quantitative estimate of drug-likeness (QED) is 0.834. The number of nitrogens with zero attached hydrogens (tertiary/aromatic N) is 1. The van der Waals surface area contributed by atoms with Crippen LogP contribution in [0.25, 0.3) is 11.1 Å². The molecule has 0 aliphatic rings. The number of rotatable bonds is 3. The third kappa shape index (κ3) is 2.14. The Bertz CT molecular complexity index is 570. The summed E-state index contributed by atoms with van der Waals surface area (Å²) in [6.07, 6.45) is 0. The molecule has 3 nitrogen and oxygen atoms in total. The molecule has 0 fully saturated rings. The van der Waals surface area contributed by atoms with Crippen molar-refractivity contribution < 1.29 is 13.9 Å². The van der Waals surface area contributed by atoms with Gasteiger partial charge in [0.2, 0.25) is 5.88 Å². The molecular weight excluding hydrogens is 233 g/mol. The predicted octanol–water partition coefficient (Wildman–Crippen LogP) is 3.21. The van der Waals surface area contributed by atoms with Gasteiger partial charge in [0, 0.05) is 17.3 Å². The Morgan fingerprint density at radius 1 is 1.06 bits per heavy atom. The van der Waals surface area contributed by atoms with Gasteiger partial charge >= 0.3 is 0 Å². The Morgan fingerprint density at radius 2 is 1.83 bits per heavy atom. The van der Waals surface area contributed by atoms with Crippen molar-refractivity contribution in [3.63, 3.8) is 0 Å². The molecule has 0 aliphatic carbocycles. The van der Waals surface area contributed by atoms with Gasteiger partial charge in [-0.15, -0.1) is 0 Å². The lowest BCUT2D eigenvalue weighted by Crippen LogP contribution is -1.96. The molecule has 0 atom stereocenters. The first-order valence-electron chi connectivity index (χ1n) is 5.52. The molecule has 94 valence electrons. The fourth-order valence-corrected chi connectivity index (χ4v) is 1.85. The lowest BCUT2D eigenvalue weighted by Gasteiger charge is -2.12. The average Bonchev–Trinajstić information content (AvgIpc) is 2.39. The van der Waals surface area contributed by atoms with Gasteiger partial charge in [0.1, 0.15) is 11.6 Å². The molecule has 4 heteroatoms. The second-order valence-corrected chi connectivity index (χ2v) is 3.80. The Hall–Kier alpha value is -2.10. The van der Waals surface area contributed by atoms with E-state index in [0.717, 1.165) is 0 Å². The van der Waals surface area contributed by atoms with Crippen molar-refractivity contribution in [1.82, 2.24) is 4.98 Å². The second kappa shape index (κ2) is 5.04. The first kappa shape index (κ1) is 12.4. The van der Waals surface area contributed by atoms with E-state index in [9.17, 15) is 4.39 Å². The summed E-state index contributed by atoms with van der Waals surface area (Å²) >= 11 is 0. The summed E-state index contributed by atoms with van der Waals surface area (Å²) in [6, 6.07) is 8.23. The maximum atomic E-state index is 13.9. The molecule has 18 heavy (non-hydrogen) atoms. The molecule has 1 aromatic heterocycles. The van der Waals surface area contributed by atoms with E-state index in [1.165, 1.54) is 13.2 Å². The van der Waals surface area contributed by atoms with Crippen LogP contribution in [0, 0.1) is 12.7 Å². The van der Waals surface area contributed by atoms with E-state index in [-0.39, 0.29) is 5.82 Å². The molecule has 2 aromatic rings. The monoisotopic (exact) mass is 247 g/mol. The molecule has 0 saturated heterocycles. The van der Waals surface area contributed by atoms with Gasteiger partial charge in [0.05, 0.1) is 19.8 Å². The van der Waals surface area contributed by atoms with Crippen LogP contribution in [0.4, 0.5) is 4.39 Å². The molecule has 0 unspecified atom stereocenters. The second-order valence-electron chi connectivity index (χ2n) is 3.80. The summed E-state index contributed by atoms with van der Waals surface area (Å²) in [6.45, 7) is 1.81. The number of aromatic nitrogens is 1. The summed E-state index contributed by atoms with van der Waals surface area (Å²) in [4.78, 5) is 4.24. The van der Waals surface area contributed by atoms with Crippen LogP contribution in [0.2, 0.25) is 0 Å². The van der Waals surface area contributed by atoms with E-state index in [4.69, 9.17) is 9.47 Å². The zero-order valence-corrected chi connectivity index (χ0v) is 10.5. The van der Waals surface area contributed by atoms with Crippen LogP contribution in [0.5, 0.6) is 11.6 Å². The fraction of sp³-hybridized carbons (Fsp3) is 0.214. The van der Waals surface area contributed by atoms with Gasteiger partial charge in [-0.3, -0.25) is 0 Å². The number of hydrogen-bond donors (Lipinski definition) is 0. The van der Waals surface area contributed by atoms with E-state index in [1.807, 2.05) is 6.92 Å². The van der Waals surface area contributed by atoms with Crippen LogP contribution < -0.4 is 9.47 Å². The third-order valence-electron chi connectivity index (χ3n) is 2.73. The van der Waals surface area contributed by atoms with E-state index in [2.05, 4.69) is 4.98 Å². The van der Waals surface area contributed by atoms with Gasteiger partial charge in [-0.1, -0.05) is 6.07 Å². The van der Waals surface area contributed by atoms with E-state index in [1.54, 1.807) is 31.4 Å². The highest BCUT2D eigenvalue weighted by atomic mass is 19.1. The highest BCUT2D eigenvalue weighted by Gasteiger charge is 2.14. The van der Waals surface area contributed by atoms with Crippen molar-refractivity contribution in [2.45, 2.75) is 6.92 Å². The minimum absolute atomic E-state index is 0.329. The molecule has 1 aromatic carbocycles. The molecular formula is C14H14FNO2. The molecule has 0 radical (unpaired) electrons. The summed E-state index contributed by atoms with van der Waals surface area (Å²) < 4.78 is 24.2. The summed E-state index contributed by atoms with van der Waals surface area (Å²) in [5, 5.41) is 0. The van der Waals surface area contributed by atoms with E-state index in [0.29, 0.717) is 28.5 Å². The van der Waals surface area contributed by atoms with Gasteiger partial charge < -0.3 is 9.47 Å². The van der Waals surface area contributed by atoms with Gasteiger partial charge in [-0.2, -0.15) is 0 Å². The SMILES string of the molecule is COc1ccc(-c2c(F)cccc2OC)c(C)n1. The van der Waals surface area contributed by atoms with E-state index < -0.39 is 0 Å². The maximum absolute atomic E-state index is 13.9. The molecule has 0 spiro atoms. The van der Waals surface area contributed by atoms with Crippen molar-refractivity contribution in [3.8, 4) is 22.8 Å². The Balaban J connectivity index is 2.62. The highest BCUT2D eigenvalue weighted by Crippen LogP contribution is 2.34. The standard InChI is InChI=1S/C14H14FNO2/c1-9-10(7-8-13(16-9)18-3)14-11(15)5-4-6-12(14)17-2/h4-8H,1-3H3. The molecule has 1 heterocycles. The highest BCUT2D eigenvalue weighted by molar-refractivity contribution is 5.73. The van der Waals surface area contributed by atoms with Crippen molar-refractivity contribution in [1.29, 1.82) is 0 Å². The molecule has 0 N–H and O–H groups in total. The summed E-state index contributed by atoms with van der Waals surface area (Å²) in [5.41, 5.74) is 1.82. The first-order valence-corrected chi connectivity index (χ1v) is 5.52. The minimum atomic E-state index is -0.329. The van der Waals surface area contributed by atoms with Crippen LogP contribution in [0.15, 0.2) is 30.3 Å². The van der Waals surface area contributed by atoms with Crippen LogP contribution in [0.3, 0.4) is 0 Å². The molecule has 0 aliphatic heterocycles. The van der Waals surface area contributed by atoms with Crippen LogP contribution in [-0.2, 0) is 0 Å². The maximum Gasteiger partial charge on any atom is 0.213 e. The normalized spacial score (nSPS) is 10.2. The zero-order valence-electron chi connectivity index (χ0n) is 10.5. The van der Waals surface area contributed by atoms with Crippen molar-refractivity contribution >= 4 is 0 Å². The number of aryl methyl sites for hydroxylation is 1. The lowest BCUT2D eigenvalue weighted by atomic mass is 10.0. The summed E-state index contributed by atoms with van der Waals surface area (Å²) in [7, 11) is 3.07. The number of methoxy groups -OCH3 is 2. The first-order chi connectivity index (χ1) is 8.67. The number of pyridine rings is 1. The van der Waals surface area contributed by atoms with Gasteiger partial charge in [0.25, 0.3) is 0 Å². The van der Waals surface area contributed by atoms with Crippen LogP contribution in [-0.4, -0.2) is 19.2 Å². The minimum Gasteiger partial charge on any atom is -0.496 e. The average molecular weight is 247 g/mol. The number of halogens is 1. The van der Waals surface area contributed by atoms with Gasteiger partial charge in [-0.05, 0) is 25.1 Å². The number of hydrogen-bond acceptors (Lipinski definition) is 3. The van der Waals surface area contributed by atoms with E-state index >= 15 is 0 Å². The van der Waals surface area contributed by atoms with Crippen molar-refractivity contribution in [2.75, 3.05) is 14.2 Å². The van der Waals surface area contributed by atoms with Gasteiger partial charge in [-0.25, -0.2) is 9.37 Å². The number of ether oxygens (including phenoxy) is 2. The third-order valence-corrected chi connectivity index (χ3v) is 2.73. The molecule has 0 saturated carbocycles. The van der Waals surface area contributed by atoms with Crippen molar-refractivity contribution in [2.24, 2.45) is 0 Å². The smallest absolute Gasteiger partial charge is 0.213 e. The van der Waals surface area contributed by atoms with Crippen LogP contribution >= 0.6 is 0 Å². The molecule has 0 bridgehead atoms. The summed E-state index contributed by atoms with van der Waals surface area (Å²) in [5.74, 6) is 0.668. The molecule has 2 rings (SSSR count). The Morgan fingerprint density at radius 3 is 2.44 bits per heavy atom. The lowest BCUT2D eigenvalue weighted by molar-refractivity contribution is 0.397. The Labute approximate surface area is 105 Å². The fourth-order valence-electron chi connectivity index (χ4n) is 1.85. The Kier molecular flexibility index (Phi) is 3.46. The zero-order chi connectivity index (χ0) is 13.1. The van der Waals surface area contributed by atoms with Gasteiger partial charge in [0.15, 0.2) is 0 Å². The molecule has 0 amide bonds. The van der Waals surface area contributed by atoms with Crippen molar-refractivity contribution in [3.05, 3.63) is 41.8 Å². The topological polar surface area (TPSA) is 31.4 Å². The number of benzene rings is 1. The van der Waals surface area contributed by atoms with Crippen LogP contribution in [0.1, 0.15) is 5.69 Å².